The zero-order chi connectivity index (χ0) is 19.4. The Morgan fingerprint density at radius 3 is 2.70 bits per heavy atom. The molecule has 0 radical (unpaired) electrons. The van der Waals surface area contributed by atoms with Gasteiger partial charge in [-0.05, 0) is 55.9 Å². The normalized spacial score (nSPS) is 10.8. The van der Waals surface area contributed by atoms with Crippen LogP contribution in [0.15, 0.2) is 52.9 Å². The van der Waals surface area contributed by atoms with E-state index in [-0.39, 0.29) is 5.91 Å². The van der Waals surface area contributed by atoms with Gasteiger partial charge in [0.1, 0.15) is 0 Å². The lowest BCUT2D eigenvalue weighted by Crippen LogP contribution is -2.32. The van der Waals surface area contributed by atoms with Crippen molar-refractivity contribution in [3.63, 3.8) is 0 Å². The molecule has 1 aromatic heterocycles. The van der Waals surface area contributed by atoms with Gasteiger partial charge in [0.15, 0.2) is 8.29 Å². The Labute approximate surface area is 176 Å². The van der Waals surface area contributed by atoms with E-state index in [9.17, 15) is 4.79 Å². The number of hydrogen-bond acceptors (Lipinski definition) is 5. The second-order valence-corrected chi connectivity index (χ2v) is 8.99. The average Bonchev–Trinajstić information content (AvgIpc) is 3.04. The number of aryl methyl sites for hydroxylation is 1. The largest absolute Gasteiger partial charge is 0.312 e. The summed E-state index contributed by atoms with van der Waals surface area (Å²) < 4.78 is 3.07. The topological polar surface area (TPSA) is 38.1 Å². The molecule has 140 valence electrons. The number of thioether (sulfide) groups is 1. The number of carbonyl (C=O) groups is 1. The fraction of sp³-hybridized carbons (Fsp3) is 0.211. The third-order valence-corrected chi connectivity index (χ3v) is 6.69. The minimum atomic E-state index is 0.0414. The number of rotatable bonds is 6. The monoisotopic (exact) mass is 435 g/mol. The smallest absolute Gasteiger partial charge is 0.237 e. The first-order valence-electron chi connectivity index (χ1n) is 8.34. The first-order valence-corrected chi connectivity index (χ1v) is 10.9. The summed E-state index contributed by atoms with van der Waals surface area (Å²) in [6.45, 7) is 4.54. The van der Waals surface area contributed by atoms with Crippen LogP contribution < -0.4 is 4.90 Å². The summed E-state index contributed by atoms with van der Waals surface area (Å²) in [6, 6.07) is 15.4. The van der Waals surface area contributed by atoms with Crippen molar-refractivity contribution in [2.45, 2.75) is 18.2 Å². The van der Waals surface area contributed by atoms with Crippen molar-refractivity contribution >= 4 is 58.5 Å². The predicted molar refractivity (Wildman–Crippen MR) is 117 cm³/mol. The van der Waals surface area contributed by atoms with E-state index >= 15 is 0 Å². The number of amides is 1. The van der Waals surface area contributed by atoms with Crippen LogP contribution in [0.25, 0.3) is 5.69 Å². The van der Waals surface area contributed by atoms with Crippen LogP contribution in [0.4, 0.5) is 5.69 Å². The van der Waals surface area contributed by atoms with Gasteiger partial charge in [-0.15, -0.1) is 5.10 Å². The summed E-state index contributed by atoms with van der Waals surface area (Å²) in [5.74, 6) is 0.347. The number of nitrogens with zero attached hydrogens (tertiary/aromatic N) is 3. The maximum Gasteiger partial charge on any atom is 0.237 e. The fourth-order valence-electron chi connectivity index (χ4n) is 2.51. The zero-order valence-corrected chi connectivity index (χ0v) is 18.1. The highest BCUT2D eigenvalue weighted by Crippen LogP contribution is 2.26. The third-order valence-electron chi connectivity index (χ3n) is 3.93. The van der Waals surface area contributed by atoms with Crippen molar-refractivity contribution in [3.05, 3.63) is 63.1 Å². The highest BCUT2D eigenvalue weighted by molar-refractivity contribution is 8.01. The molecule has 0 bridgehead atoms. The van der Waals surface area contributed by atoms with Crippen LogP contribution in [-0.2, 0) is 4.79 Å². The molecule has 0 aliphatic carbocycles. The Bertz CT molecular complexity index is 1000. The van der Waals surface area contributed by atoms with Crippen LogP contribution in [0.1, 0.15) is 12.5 Å². The number of carbonyl (C=O) groups excluding carboxylic acids is 1. The molecule has 2 aromatic carbocycles. The molecule has 0 saturated heterocycles. The van der Waals surface area contributed by atoms with Crippen LogP contribution in [-0.4, -0.2) is 28.0 Å². The van der Waals surface area contributed by atoms with E-state index in [2.05, 4.69) is 5.10 Å². The maximum absolute atomic E-state index is 12.6. The molecule has 0 N–H and O–H groups in total. The molecule has 8 heteroatoms. The first kappa shape index (κ1) is 20.1. The molecule has 0 saturated carbocycles. The van der Waals surface area contributed by atoms with Crippen molar-refractivity contribution in [2.24, 2.45) is 0 Å². The van der Waals surface area contributed by atoms with E-state index in [1.807, 2.05) is 62.4 Å². The number of aromatic nitrogens is 2. The lowest BCUT2D eigenvalue weighted by atomic mass is 10.2. The van der Waals surface area contributed by atoms with Gasteiger partial charge in [0.25, 0.3) is 0 Å². The van der Waals surface area contributed by atoms with Crippen LogP contribution in [0.3, 0.4) is 0 Å². The SMILES string of the molecule is CCN(C(=O)CSc1nn(-c2ccc(C)c(Cl)c2)c(=S)s1)c1ccccc1. The Hall–Kier alpha value is -1.67. The van der Waals surface area contributed by atoms with Gasteiger partial charge in [0.05, 0.1) is 11.4 Å². The van der Waals surface area contributed by atoms with E-state index in [4.69, 9.17) is 23.8 Å². The van der Waals surface area contributed by atoms with Crippen molar-refractivity contribution < 1.29 is 4.79 Å². The van der Waals surface area contributed by atoms with Crippen LogP contribution in [0.2, 0.25) is 5.02 Å². The maximum atomic E-state index is 12.6. The van der Waals surface area contributed by atoms with Gasteiger partial charge >= 0.3 is 0 Å². The molecule has 0 aliphatic rings. The molecule has 0 fully saturated rings. The van der Waals surface area contributed by atoms with Gasteiger partial charge in [-0.3, -0.25) is 4.79 Å². The lowest BCUT2D eigenvalue weighted by Gasteiger charge is -2.20. The van der Waals surface area contributed by atoms with Gasteiger partial charge < -0.3 is 4.90 Å². The number of hydrogen-bond donors (Lipinski definition) is 0. The van der Waals surface area contributed by atoms with Crippen molar-refractivity contribution in [2.75, 3.05) is 17.2 Å². The quantitative estimate of drug-likeness (QED) is 0.364. The van der Waals surface area contributed by atoms with Crippen LogP contribution in [0.5, 0.6) is 0 Å². The summed E-state index contributed by atoms with van der Waals surface area (Å²) in [5, 5.41) is 5.22. The average molecular weight is 436 g/mol. The molecule has 27 heavy (non-hydrogen) atoms. The van der Waals surface area contributed by atoms with Crippen LogP contribution in [0, 0.1) is 10.9 Å². The standard InChI is InChI=1S/C19H18ClN3OS3/c1-3-22(14-7-5-4-6-8-14)17(24)12-26-18-21-23(19(25)27-18)15-10-9-13(2)16(20)11-15/h4-11H,3,12H2,1-2H3. The van der Waals surface area contributed by atoms with E-state index in [0.717, 1.165) is 21.3 Å². The molecular weight excluding hydrogens is 418 g/mol. The third kappa shape index (κ3) is 4.79. The van der Waals surface area contributed by atoms with E-state index < -0.39 is 0 Å². The molecular formula is C19H18ClN3OS3. The van der Waals surface area contributed by atoms with Crippen molar-refractivity contribution in [1.29, 1.82) is 0 Å². The Balaban J connectivity index is 1.72. The fourth-order valence-corrected chi connectivity index (χ4v) is 4.92. The van der Waals surface area contributed by atoms with Crippen molar-refractivity contribution in [3.8, 4) is 5.69 Å². The molecule has 1 heterocycles. The molecule has 0 aliphatic heterocycles. The Morgan fingerprint density at radius 2 is 2.04 bits per heavy atom. The molecule has 4 nitrogen and oxygen atoms in total. The first-order chi connectivity index (χ1) is 13.0. The molecule has 0 unspecified atom stereocenters. The summed E-state index contributed by atoms with van der Waals surface area (Å²) in [7, 11) is 0. The van der Waals surface area contributed by atoms with Gasteiger partial charge in [-0.25, -0.2) is 4.68 Å². The van der Waals surface area contributed by atoms with Gasteiger partial charge in [-0.1, -0.05) is 59.0 Å². The summed E-state index contributed by atoms with van der Waals surface area (Å²) in [4.78, 5) is 14.4. The molecule has 0 spiro atoms. The summed E-state index contributed by atoms with van der Waals surface area (Å²) in [5.41, 5.74) is 2.73. The Kier molecular flexibility index (Phi) is 6.70. The second kappa shape index (κ2) is 9.01. The molecule has 3 aromatic rings. The Morgan fingerprint density at radius 1 is 1.30 bits per heavy atom. The highest BCUT2D eigenvalue weighted by Gasteiger charge is 2.16. The zero-order valence-electron chi connectivity index (χ0n) is 14.9. The summed E-state index contributed by atoms with van der Waals surface area (Å²) >= 11 is 14.4. The minimum absolute atomic E-state index is 0.0414. The number of halogens is 1. The predicted octanol–water partition coefficient (Wildman–Crippen LogP) is 5.77. The van der Waals surface area contributed by atoms with Crippen molar-refractivity contribution in [1.82, 2.24) is 9.78 Å². The number of anilines is 1. The lowest BCUT2D eigenvalue weighted by molar-refractivity contribution is -0.116. The van der Waals surface area contributed by atoms with Crippen LogP contribution >= 0.6 is 46.9 Å². The van der Waals surface area contributed by atoms with Gasteiger partial charge in [-0.2, -0.15) is 0 Å². The van der Waals surface area contributed by atoms with Gasteiger partial charge in [0, 0.05) is 17.3 Å². The summed E-state index contributed by atoms with van der Waals surface area (Å²) in [6.07, 6.45) is 0. The minimum Gasteiger partial charge on any atom is -0.312 e. The molecule has 1 amide bonds. The molecule has 3 rings (SSSR count). The molecule has 0 atom stereocenters. The second-order valence-electron chi connectivity index (χ2n) is 5.74. The highest BCUT2D eigenvalue weighted by atomic mass is 35.5. The number of para-hydroxylation sites is 1. The van der Waals surface area contributed by atoms with E-state index in [1.54, 1.807) is 9.58 Å². The number of benzene rings is 2. The van der Waals surface area contributed by atoms with E-state index in [1.165, 1.54) is 23.1 Å². The van der Waals surface area contributed by atoms with Gasteiger partial charge in [0.2, 0.25) is 5.91 Å². The van der Waals surface area contributed by atoms with E-state index in [0.29, 0.717) is 21.3 Å².